The lowest BCUT2D eigenvalue weighted by atomic mass is 10.5. The van der Waals surface area contributed by atoms with Gasteiger partial charge in [0.2, 0.25) is 10.0 Å². The van der Waals surface area contributed by atoms with Gasteiger partial charge in [-0.2, -0.15) is 0 Å². The minimum atomic E-state index is -3.45. The first-order valence-corrected chi connectivity index (χ1v) is 13.2. The summed E-state index contributed by atoms with van der Waals surface area (Å²) in [5.74, 6) is 19.0. The molecule has 0 aromatic heterocycles. The number of terminal acetylenes is 1. The van der Waals surface area contributed by atoms with E-state index in [1.54, 1.807) is 0 Å². The third kappa shape index (κ3) is 15.0. The second-order valence-electron chi connectivity index (χ2n) is 6.24. The second kappa shape index (κ2) is 12.1. The predicted molar refractivity (Wildman–Crippen MR) is 105 cm³/mol. The van der Waals surface area contributed by atoms with Crippen LogP contribution in [0.1, 0.15) is 6.42 Å². The lowest BCUT2D eigenvalue weighted by Gasteiger charge is -2.16. The van der Waals surface area contributed by atoms with E-state index in [1.165, 1.54) is 6.04 Å². The van der Waals surface area contributed by atoms with Crippen LogP contribution in [0.25, 0.3) is 0 Å². The molecule has 0 saturated heterocycles. The molecule has 0 spiro atoms. The van der Waals surface area contributed by atoms with E-state index in [1.807, 2.05) is 0 Å². The molecule has 0 N–H and O–H groups in total. The van der Waals surface area contributed by atoms with Gasteiger partial charge in [0.15, 0.2) is 0 Å². The number of hydrogen-bond acceptors (Lipinski definition) is 3. The molecule has 0 aliphatic rings. The molecule has 132 valence electrons. The van der Waals surface area contributed by atoms with Gasteiger partial charge in [-0.3, -0.25) is 0 Å². The molecule has 4 nitrogen and oxygen atoms in total. The highest BCUT2D eigenvalue weighted by atomic mass is 32.2. The lowest BCUT2D eigenvalue weighted by Crippen LogP contribution is -2.29. The van der Waals surface area contributed by atoms with E-state index in [4.69, 9.17) is 11.2 Å². The highest BCUT2D eigenvalue weighted by Gasteiger charge is 2.13. The average molecular weight is 374 g/mol. The maximum Gasteiger partial charge on any atom is 0.239 e. The van der Waals surface area contributed by atoms with Crippen molar-refractivity contribution in [3.05, 3.63) is 0 Å². The van der Waals surface area contributed by atoms with Gasteiger partial charge in [0, 0.05) is 44.4 Å². The molecule has 0 aliphatic heterocycles. The summed E-state index contributed by atoms with van der Waals surface area (Å²) in [6, 6.07) is 3.67. The van der Waals surface area contributed by atoms with Crippen LogP contribution in [0.3, 0.4) is 0 Å². The fourth-order valence-electron chi connectivity index (χ4n) is 1.54. The van der Waals surface area contributed by atoms with Crippen LogP contribution in [0.4, 0.5) is 0 Å². The second-order valence-corrected chi connectivity index (χ2v) is 13.8. The summed E-state index contributed by atoms with van der Waals surface area (Å²) in [5.41, 5.74) is 0. The Morgan fingerprint density at radius 3 is 2.04 bits per heavy atom. The summed E-state index contributed by atoms with van der Waals surface area (Å²) >= 11 is 0. The number of hydrogen-bond donors (Lipinski definition) is 0. The predicted octanol–water partition coefficient (Wildman–Crippen LogP) is 1.60. The quantitative estimate of drug-likeness (QED) is 0.281. The van der Waals surface area contributed by atoms with E-state index < -0.39 is 18.1 Å². The lowest BCUT2D eigenvalue weighted by molar-refractivity contribution is 0.130. The normalized spacial score (nSPS) is 9.56. The van der Waals surface area contributed by atoms with E-state index >= 15 is 0 Å². The zero-order valence-corrected chi connectivity index (χ0v) is 17.0. The summed E-state index contributed by atoms with van der Waals surface area (Å²) in [7, 11) is -4.51. The Balaban J connectivity index is 4.47. The molecule has 0 aromatic carbocycles. The van der Waals surface area contributed by atoms with E-state index in [0.717, 1.165) is 17.0 Å². The van der Waals surface area contributed by atoms with Crippen molar-refractivity contribution < 1.29 is 13.2 Å². The number of sulfonamides is 1. The van der Waals surface area contributed by atoms with Crippen LogP contribution in [-0.2, 0) is 14.8 Å². The molecule has 0 amide bonds. The summed E-state index contributed by atoms with van der Waals surface area (Å²) < 4.78 is 29.9. The van der Waals surface area contributed by atoms with Crippen molar-refractivity contribution in [3.8, 4) is 59.8 Å². The van der Waals surface area contributed by atoms with Gasteiger partial charge in [-0.05, 0) is 30.1 Å². The van der Waals surface area contributed by atoms with Crippen molar-refractivity contribution in [1.29, 1.82) is 0 Å². The van der Waals surface area contributed by atoms with Gasteiger partial charge >= 0.3 is 0 Å². The molecule has 6 heteroatoms. The standard InChI is InChI=1S/C19H23NO3SSi/c1-6-7-8-9-10-11-12-13-15-20(24(2,21)22)16-18-23-17-14-19-25(3,4)5/h1H,14,16-19H2,2-5H3. The van der Waals surface area contributed by atoms with Gasteiger partial charge in [0.05, 0.1) is 19.4 Å². The molecule has 0 heterocycles. The summed E-state index contributed by atoms with van der Waals surface area (Å²) in [5, 5.41) is 0. The summed E-state index contributed by atoms with van der Waals surface area (Å²) in [6.07, 6.45) is 7.02. The van der Waals surface area contributed by atoms with Crippen LogP contribution in [0.2, 0.25) is 25.7 Å². The Morgan fingerprint density at radius 1 is 0.960 bits per heavy atom. The maximum absolute atomic E-state index is 11.7. The third-order valence-corrected chi connectivity index (χ3v) is 5.61. The summed E-state index contributed by atoms with van der Waals surface area (Å²) in [6.45, 7) is 8.01. The van der Waals surface area contributed by atoms with Crippen LogP contribution < -0.4 is 0 Å². The van der Waals surface area contributed by atoms with E-state index in [-0.39, 0.29) is 6.54 Å². The zero-order chi connectivity index (χ0) is 19.2. The van der Waals surface area contributed by atoms with Crippen LogP contribution in [0, 0.1) is 59.8 Å². The molecule has 0 saturated carbocycles. The molecule has 0 aliphatic carbocycles. The molecule has 0 radical (unpaired) electrons. The van der Waals surface area contributed by atoms with Gasteiger partial charge in [-0.25, -0.2) is 12.7 Å². The first kappa shape index (κ1) is 22.7. The number of ether oxygens (including phenoxy) is 1. The monoisotopic (exact) mass is 373 g/mol. The minimum Gasteiger partial charge on any atom is -0.380 e. The SMILES string of the molecule is C#CC#CC#CC#CC#CN(CCOCCC[Si](C)(C)C)S(C)(=O)=O. The molecule has 25 heavy (non-hydrogen) atoms. The molecule has 0 bridgehead atoms. The van der Waals surface area contributed by atoms with Gasteiger partial charge in [0.1, 0.15) is 0 Å². The summed E-state index contributed by atoms with van der Waals surface area (Å²) in [4.78, 5) is 0. The van der Waals surface area contributed by atoms with Crippen LogP contribution in [0.5, 0.6) is 0 Å². The highest BCUT2D eigenvalue weighted by molar-refractivity contribution is 7.88. The Bertz CT molecular complexity index is 817. The van der Waals surface area contributed by atoms with Gasteiger partial charge in [-0.15, -0.1) is 6.42 Å². The van der Waals surface area contributed by atoms with Crippen molar-refractivity contribution in [2.75, 3.05) is 26.0 Å². The van der Waals surface area contributed by atoms with E-state index in [9.17, 15) is 8.42 Å². The zero-order valence-electron chi connectivity index (χ0n) is 15.2. The van der Waals surface area contributed by atoms with Crippen molar-refractivity contribution in [1.82, 2.24) is 4.31 Å². The Morgan fingerprint density at radius 2 is 1.52 bits per heavy atom. The molecular formula is C19H23NO3SSi. The number of rotatable bonds is 8. The first-order chi connectivity index (χ1) is 11.7. The molecule has 0 unspecified atom stereocenters. The maximum atomic E-state index is 11.7. The largest absolute Gasteiger partial charge is 0.380 e. The number of nitrogens with zero attached hydrogens (tertiary/aromatic N) is 1. The van der Waals surface area contributed by atoms with E-state index in [2.05, 4.69) is 73.0 Å². The smallest absolute Gasteiger partial charge is 0.239 e. The highest BCUT2D eigenvalue weighted by Crippen LogP contribution is 2.10. The Hall–Kier alpha value is -2.27. The van der Waals surface area contributed by atoms with Gasteiger partial charge in [0.25, 0.3) is 0 Å². The average Bonchev–Trinajstić information content (AvgIpc) is 2.48. The minimum absolute atomic E-state index is 0.166. The van der Waals surface area contributed by atoms with Gasteiger partial charge in [-0.1, -0.05) is 25.7 Å². The van der Waals surface area contributed by atoms with Crippen molar-refractivity contribution in [3.63, 3.8) is 0 Å². The Kier molecular flexibility index (Phi) is 11.0. The van der Waals surface area contributed by atoms with Crippen LogP contribution in [-0.4, -0.2) is 46.8 Å². The fraction of sp³-hybridized carbons (Fsp3) is 0.474. The fourth-order valence-corrected chi connectivity index (χ4v) is 3.36. The molecule has 0 fully saturated rings. The molecule has 0 aromatic rings. The molecular weight excluding hydrogens is 350 g/mol. The van der Waals surface area contributed by atoms with Crippen molar-refractivity contribution in [2.45, 2.75) is 32.1 Å². The van der Waals surface area contributed by atoms with Gasteiger partial charge < -0.3 is 4.74 Å². The van der Waals surface area contributed by atoms with Crippen LogP contribution >= 0.6 is 0 Å². The molecule has 0 atom stereocenters. The first-order valence-electron chi connectivity index (χ1n) is 7.68. The topological polar surface area (TPSA) is 46.6 Å². The molecule has 0 rings (SSSR count). The third-order valence-electron chi connectivity index (χ3n) is 2.68. The van der Waals surface area contributed by atoms with E-state index in [0.29, 0.717) is 13.2 Å². The van der Waals surface area contributed by atoms with Crippen LogP contribution in [0.15, 0.2) is 0 Å². The van der Waals surface area contributed by atoms with Crippen molar-refractivity contribution >= 4 is 18.1 Å². The van der Waals surface area contributed by atoms with Crippen molar-refractivity contribution in [2.24, 2.45) is 0 Å². The Labute approximate surface area is 153 Å².